The van der Waals surface area contributed by atoms with Crippen molar-refractivity contribution >= 4 is 28.9 Å². The van der Waals surface area contributed by atoms with Crippen LogP contribution in [-0.4, -0.2) is 21.1 Å². The summed E-state index contributed by atoms with van der Waals surface area (Å²) in [4.78, 5) is 28.3. The van der Waals surface area contributed by atoms with E-state index in [1.165, 1.54) is 0 Å². The highest BCUT2D eigenvalue weighted by atomic mass is 35.5. The number of carbonyl (C=O) groups excluding carboxylic acids is 2. The Bertz CT molecular complexity index is 884. The fourth-order valence-electron chi connectivity index (χ4n) is 2.19. The molecule has 0 aliphatic carbocycles. The van der Waals surface area contributed by atoms with Gasteiger partial charge < -0.3 is 9.72 Å². The number of benzene rings is 1. The number of aromatic nitrogens is 2. The highest BCUT2D eigenvalue weighted by Gasteiger charge is 2.16. The first-order chi connectivity index (χ1) is 11.0. The lowest BCUT2D eigenvalue weighted by Gasteiger charge is -2.03. The molecular weight excluding hydrogens is 314 g/mol. The summed E-state index contributed by atoms with van der Waals surface area (Å²) in [6, 6.07) is 10.4. The number of hydrogen-bond donors (Lipinski definition) is 1. The molecule has 0 saturated heterocycles. The van der Waals surface area contributed by atoms with Gasteiger partial charge in [0, 0.05) is 18.0 Å². The van der Waals surface area contributed by atoms with Gasteiger partial charge in [0.05, 0.1) is 17.3 Å². The third kappa shape index (κ3) is 3.40. The Morgan fingerprint density at radius 1 is 1.13 bits per heavy atom. The number of ketones is 1. The molecule has 3 aromatic rings. The lowest BCUT2D eigenvalue weighted by Crippen LogP contribution is -2.30. The minimum Gasteiger partial charge on any atom is -0.343 e. The minimum absolute atomic E-state index is 0.176. The number of imidazole rings is 1. The van der Waals surface area contributed by atoms with E-state index in [1.807, 2.05) is 6.92 Å². The van der Waals surface area contributed by atoms with Crippen molar-refractivity contribution in [1.29, 1.82) is 0 Å². The van der Waals surface area contributed by atoms with Crippen LogP contribution in [-0.2, 0) is 11.3 Å². The predicted molar refractivity (Wildman–Crippen MR) is 87.6 cm³/mol. The van der Waals surface area contributed by atoms with Gasteiger partial charge in [0.2, 0.25) is 5.78 Å². The summed E-state index contributed by atoms with van der Waals surface area (Å²) in [7, 11) is 0. The maximum absolute atomic E-state index is 12.0. The van der Waals surface area contributed by atoms with Crippen molar-refractivity contribution in [3.05, 3.63) is 70.6 Å². The van der Waals surface area contributed by atoms with E-state index in [1.54, 1.807) is 53.2 Å². The number of rotatable bonds is 4. The van der Waals surface area contributed by atoms with Crippen molar-refractivity contribution < 1.29 is 9.59 Å². The number of Topliss-reactive ketones (excluding diaryl/α,β-unsaturated/α-hetero) is 1. The van der Waals surface area contributed by atoms with Crippen molar-refractivity contribution in [1.82, 2.24) is 14.7 Å². The molecule has 6 heteroatoms. The zero-order valence-corrected chi connectivity index (χ0v) is 13.2. The summed E-state index contributed by atoms with van der Waals surface area (Å²) in [5.41, 5.74) is 2.78. The van der Waals surface area contributed by atoms with E-state index >= 15 is 0 Å². The highest BCUT2D eigenvalue weighted by molar-refractivity contribution is 6.42. The summed E-state index contributed by atoms with van der Waals surface area (Å²) < 4.78 is 1.77. The number of aryl methyl sites for hydroxylation is 1. The number of hydrogen-bond acceptors (Lipinski definition) is 3. The topological polar surface area (TPSA) is 63.5 Å². The molecule has 1 N–H and O–H groups in total. The maximum Gasteiger partial charge on any atom is 0.292 e. The third-order valence-corrected chi connectivity index (χ3v) is 3.64. The minimum atomic E-state index is -0.649. The standard InChI is InChI=1S/C17H14ClN3O2/c1-11-2-4-12(5-3-11)16(22)17(23)19-8-14-10-21-9-13(18)6-7-15(21)20-14/h2-7,9-10H,8H2,1H3,(H,19,23). The first kappa shape index (κ1) is 15.2. The van der Waals surface area contributed by atoms with Crippen LogP contribution in [0.4, 0.5) is 0 Å². The molecule has 0 aliphatic rings. The Morgan fingerprint density at radius 2 is 1.87 bits per heavy atom. The number of fused-ring (bicyclic) bond motifs is 1. The van der Waals surface area contributed by atoms with Crippen LogP contribution in [0.1, 0.15) is 21.6 Å². The van der Waals surface area contributed by atoms with E-state index in [4.69, 9.17) is 11.6 Å². The van der Waals surface area contributed by atoms with Gasteiger partial charge in [0.1, 0.15) is 5.65 Å². The molecule has 0 spiro atoms. The largest absolute Gasteiger partial charge is 0.343 e. The number of halogens is 1. The molecule has 1 aromatic carbocycles. The average Bonchev–Trinajstić information content (AvgIpc) is 2.94. The van der Waals surface area contributed by atoms with E-state index in [9.17, 15) is 9.59 Å². The van der Waals surface area contributed by atoms with Crippen molar-refractivity contribution in [2.45, 2.75) is 13.5 Å². The lowest BCUT2D eigenvalue weighted by molar-refractivity contribution is -0.117. The number of pyridine rings is 1. The van der Waals surface area contributed by atoms with E-state index in [0.717, 1.165) is 11.2 Å². The van der Waals surface area contributed by atoms with Gasteiger partial charge in [-0.25, -0.2) is 4.98 Å². The molecule has 0 fully saturated rings. The molecule has 0 unspecified atom stereocenters. The molecule has 2 aromatic heterocycles. The van der Waals surface area contributed by atoms with E-state index in [2.05, 4.69) is 10.3 Å². The van der Waals surface area contributed by atoms with Crippen LogP contribution in [0, 0.1) is 6.92 Å². The second-order valence-corrected chi connectivity index (χ2v) is 5.66. The second kappa shape index (κ2) is 6.22. The first-order valence-electron chi connectivity index (χ1n) is 7.05. The zero-order valence-electron chi connectivity index (χ0n) is 12.4. The molecule has 1 amide bonds. The Labute approximate surface area is 137 Å². The van der Waals surface area contributed by atoms with Gasteiger partial charge in [0.15, 0.2) is 0 Å². The van der Waals surface area contributed by atoms with E-state index in [-0.39, 0.29) is 6.54 Å². The van der Waals surface area contributed by atoms with Crippen molar-refractivity contribution in [3.8, 4) is 0 Å². The molecule has 5 nitrogen and oxygen atoms in total. The molecule has 0 saturated carbocycles. The van der Waals surface area contributed by atoms with Crippen LogP contribution < -0.4 is 5.32 Å². The smallest absolute Gasteiger partial charge is 0.292 e. The van der Waals surface area contributed by atoms with Gasteiger partial charge in [-0.15, -0.1) is 0 Å². The summed E-state index contributed by atoms with van der Waals surface area (Å²) >= 11 is 5.91. The number of nitrogens with one attached hydrogen (secondary N) is 1. The van der Waals surface area contributed by atoms with Crippen LogP contribution in [0.2, 0.25) is 5.02 Å². The van der Waals surface area contributed by atoms with E-state index < -0.39 is 11.7 Å². The van der Waals surface area contributed by atoms with Crippen molar-refractivity contribution in [2.75, 3.05) is 0 Å². The normalized spacial score (nSPS) is 10.7. The van der Waals surface area contributed by atoms with Crippen LogP contribution >= 0.6 is 11.6 Å². The maximum atomic E-state index is 12.0. The van der Waals surface area contributed by atoms with Crippen LogP contribution in [0.5, 0.6) is 0 Å². The Balaban J connectivity index is 1.67. The fourth-order valence-corrected chi connectivity index (χ4v) is 2.36. The van der Waals surface area contributed by atoms with Crippen LogP contribution in [0.25, 0.3) is 5.65 Å². The molecule has 0 atom stereocenters. The molecule has 3 rings (SSSR count). The summed E-state index contributed by atoms with van der Waals surface area (Å²) in [6.45, 7) is 2.10. The molecule has 0 aliphatic heterocycles. The highest BCUT2D eigenvalue weighted by Crippen LogP contribution is 2.11. The van der Waals surface area contributed by atoms with E-state index in [0.29, 0.717) is 16.3 Å². The molecule has 23 heavy (non-hydrogen) atoms. The monoisotopic (exact) mass is 327 g/mol. The van der Waals surface area contributed by atoms with Crippen molar-refractivity contribution in [2.24, 2.45) is 0 Å². The second-order valence-electron chi connectivity index (χ2n) is 5.22. The van der Waals surface area contributed by atoms with Gasteiger partial charge >= 0.3 is 0 Å². The van der Waals surface area contributed by atoms with Gasteiger partial charge in [-0.3, -0.25) is 9.59 Å². The van der Waals surface area contributed by atoms with Crippen LogP contribution in [0.3, 0.4) is 0 Å². The molecule has 0 bridgehead atoms. The first-order valence-corrected chi connectivity index (χ1v) is 7.43. The SMILES string of the molecule is Cc1ccc(C(=O)C(=O)NCc2cn3cc(Cl)ccc3n2)cc1. The number of carbonyl (C=O) groups is 2. The molecule has 0 radical (unpaired) electrons. The van der Waals surface area contributed by atoms with Gasteiger partial charge in [0.25, 0.3) is 5.91 Å². The summed E-state index contributed by atoms with van der Waals surface area (Å²) in [6.07, 6.45) is 3.49. The van der Waals surface area contributed by atoms with Gasteiger partial charge in [-0.05, 0) is 19.1 Å². The number of amides is 1. The molecule has 116 valence electrons. The Morgan fingerprint density at radius 3 is 2.61 bits per heavy atom. The number of nitrogens with zero attached hydrogens (tertiary/aromatic N) is 2. The van der Waals surface area contributed by atoms with Gasteiger partial charge in [-0.1, -0.05) is 41.4 Å². The predicted octanol–water partition coefficient (Wildman–Crippen LogP) is 2.80. The zero-order chi connectivity index (χ0) is 16.4. The Hall–Kier alpha value is -2.66. The van der Waals surface area contributed by atoms with Crippen molar-refractivity contribution in [3.63, 3.8) is 0 Å². The Kier molecular flexibility index (Phi) is 4.12. The lowest BCUT2D eigenvalue weighted by atomic mass is 10.1. The van der Waals surface area contributed by atoms with Gasteiger partial charge in [-0.2, -0.15) is 0 Å². The third-order valence-electron chi connectivity index (χ3n) is 3.41. The fraction of sp³-hybridized carbons (Fsp3) is 0.118. The molecule has 2 heterocycles. The quantitative estimate of drug-likeness (QED) is 0.592. The summed E-state index contributed by atoms with van der Waals surface area (Å²) in [5, 5.41) is 3.19. The average molecular weight is 328 g/mol. The van der Waals surface area contributed by atoms with Crippen LogP contribution in [0.15, 0.2) is 48.8 Å². The molecular formula is C17H14ClN3O2. The summed E-state index contributed by atoms with van der Waals surface area (Å²) in [5.74, 6) is -1.21.